The van der Waals surface area contributed by atoms with Crippen LogP contribution in [0, 0.1) is 13.8 Å². The van der Waals surface area contributed by atoms with Gasteiger partial charge < -0.3 is 14.9 Å². The van der Waals surface area contributed by atoms with E-state index in [0.29, 0.717) is 29.5 Å². The molecule has 0 spiro atoms. The molecule has 2 rings (SSSR count). The number of benzene rings is 2. The van der Waals surface area contributed by atoms with Crippen LogP contribution in [0.15, 0.2) is 49.1 Å². The SMILES string of the molecule is C=CCc1ccc(C)c(C(OS(=O)(=O)O)C(CCCCCC)(Oc2ccccc2C)C(=O)O)c1O. The molecular formula is C26H34O8S. The smallest absolute Gasteiger partial charge is 0.398 e. The van der Waals surface area contributed by atoms with Crippen molar-refractivity contribution >= 4 is 16.4 Å². The topological polar surface area (TPSA) is 130 Å². The second-order valence-corrected chi connectivity index (χ2v) is 9.62. The van der Waals surface area contributed by atoms with Crippen molar-refractivity contribution in [2.45, 2.75) is 71.0 Å². The van der Waals surface area contributed by atoms with E-state index >= 15 is 0 Å². The summed E-state index contributed by atoms with van der Waals surface area (Å²) in [4.78, 5) is 13.0. The van der Waals surface area contributed by atoms with Crippen molar-refractivity contribution in [3.05, 3.63) is 71.3 Å². The summed E-state index contributed by atoms with van der Waals surface area (Å²) in [5.41, 5.74) is -0.987. The number of carboxylic acid groups (broad SMARTS) is 1. The fraction of sp³-hybridized carbons (Fsp3) is 0.423. The van der Waals surface area contributed by atoms with E-state index in [0.717, 1.165) is 12.8 Å². The molecule has 0 aliphatic heterocycles. The molecule has 0 aliphatic rings. The maximum absolute atomic E-state index is 13.0. The van der Waals surface area contributed by atoms with Gasteiger partial charge in [0.2, 0.25) is 5.60 Å². The highest BCUT2D eigenvalue weighted by atomic mass is 32.3. The lowest BCUT2D eigenvalue weighted by atomic mass is 9.82. The Kier molecular flexibility index (Phi) is 9.88. The predicted molar refractivity (Wildman–Crippen MR) is 133 cm³/mol. The largest absolute Gasteiger partial charge is 0.507 e. The third-order valence-corrected chi connectivity index (χ3v) is 6.37. The molecule has 2 aromatic rings. The first-order chi connectivity index (χ1) is 16.5. The summed E-state index contributed by atoms with van der Waals surface area (Å²) in [6.07, 6.45) is 2.55. The first-order valence-electron chi connectivity index (χ1n) is 11.5. The third kappa shape index (κ3) is 7.06. The standard InChI is InChI=1S/C26H34O8S/c1-5-7-8-11-17-26(25(28)29,33-21-14-10-9-13-18(21)3)24(34-35(30,31)32)22-19(4)15-16-20(12-6-2)23(22)27/h6,9-10,13-16,24,27H,2,5,7-8,11-12,17H2,1,3-4H3,(H,28,29)(H,30,31,32). The van der Waals surface area contributed by atoms with E-state index in [9.17, 15) is 28.0 Å². The Hall–Kier alpha value is -2.88. The highest BCUT2D eigenvalue weighted by molar-refractivity contribution is 7.80. The summed E-state index contributed by atoms with van der Waals surface area (Å²) in [5, 5.41) is 21.6. The van der Waals surface area contributed by atoms with Gasteiger partial charge in [-0.2, -0.15) is 8.42 Å². The molecule has 192 valence electrons. The molecule has 0 bridgehead atoms. The van der Waals surface area contributed by atoms with Gasteiger partial charge >= 0.3 is 16.4 Å². The molecule has 0 aliphatic carbocycles. The molecule has 0 saturated heterocycles. The normalized spacial score (nSPS) is 14.2. The molecule has 0 radical (unpaired) electrons. The highest BCUT2D eigenvalue weighted by Gasteiger charge is 2.53. The van der Waals surface area contributed by atoms with Crippen LogP contribution < -0.4 is 4.74 Å². The summed E-state index contributed by atoms with van der Waals surface area (Å²) in [6, 6.07) is 9.97. The number of phenols is 1. The monoisotopic (exact) mass is 506 g/mol. The Labute approximate surface area is 207 Å². The number of para-hydroxylation sites is 1. The van der Waals surface area contributed by atoms with Crippen molar-refractivity contribution in [2.75, 3.05) is 0 Å². The molecule has 0 saturated carbocycles. The van der Waals surface area contributed by atoms with Gasteiger partial charge in [0.1, 0.15) is 11.5 Å². The zero-order valence-electron chi connectivity index (χ0n) is 20.4. The lowest BCUT2D eigenvalue weighted by molar-refractivity contribution is -0.167. The van der Waals surface area contributed by atoms with Gasteiger partial charge in [0.15, 0.2) is 6.10 Å². The number of aromatic hydroxyl groups is 1. The van der Waals surface area contributed by atoms with Gasteiger partial charge in [-0.15, -0.1) is 6.58 Å². The van der Waals surface area contributed by atoms with Crippen molar-refractivity contribution < 1.29 is 36.9 Å². The van der Waals surface area contributed by atoms with Crippen molar-refractivity contribution in [3.8, 4) is 11.5 Å². The molecule has 2 unspecified atom stereocenters. The van der Waals surface area contributed by atoms with E-state index in [4.69, 9.17) is 8.92 Å². The molecule has 2 aromatic carbocycles. The van der Waals surface area contributed by atoms with Crippen LogP contribution in [0.25, 0.3) is 0 Å². The van der Waals surface area contributed by atoms with Crippen LogP contribution in [0.2, 0.25) is 0 Å². The van der Waals surface area contributed by atoms with Crippen LogP contribution in [0.3, 0.4) is 0 Å². The van der Waals surface area contributed by atoms with Crippen LogP contribution in [0.5, 0.6) is 11.5 Å². The number of unbranched alkanes of at least 4 members (excludes halogenated alkanes) is 3. The number of carboxylic acids is 1. The third-order valence-electron chi connectivity index (χ3n) is 5.94. The summed E-state index contributed by atoms with van der Waals surface area (Å²) < 4.78 is 44.8. The van der Waals surface area contributed by atoms with E-state index in [-0.39, 0.29) is 29.9 Å². The Morgan fingerprint density at radius 3 is 2.37 bits per heavy atom. The number of phenolic OH excluding ortho intramolecular Hbond substituents is 1. The van der Waals surface area contributed by atoms with E-state index in [1.807, 2.05) is 6.92 Å². The van der Waals surface area contributed by atoms with Gasteiger partial charge in [-0.3, -0.25) is 4.55 Å². The summed E-state index contributed by atoms with van der Waals surface area (Å²) in [7, 11) is -5.16. The predicted octanol–water partition coefficient (Wildman–Crippen LogP) is 5.47. The van der Waals surface area contributed by atoms with Crippen molar-refractivity contribution in [1.29, 1.82) is 0 Å². The lowest BCUT2D eigenvalue weighted by Gasteiger charge is -2.38. The molecular weight excluding hydrogens is 472 g/mol. The van der Waals surface area contributed by atoms with Crippen LogP contribution in [-0.2, 0) is 25.8 Å². The number of aliphatic carboxylic acids is 1. The van der Waals surface area contributed by atoms with Crippen LogP contribution >= 0.6 is 0 Å². The molecule has 9 heteroatoms. The number of allylic oxidation sites excluding steroid dienone is 1. The summed E-state index contributed by atoms with van der Waals surface area (Å²) in [5.74, 6) is -1.61. The number of aryl methyl sites for hydroxylation is 2. The zero-order chi connectivity index (χ0) is 26.2. The van der Waals surface area contributed by atoms with Crippen LogP contribution in [0.1, 0.15) is 67.4 Å². The Morgan fingerprint density at radius 2 is 1.80 bits per heavy atom. The molecule has 2 atom stereocenters. The van der Waals surface area contributed by atoms with E-state index in [1.165, 1.54) is 0 Å². The molecule has 0 amide bonds. The molecule has 0 aromatic heterocycles. The molecule has 8 nitrogen and oxygen atoms in total. The van der Waals surface area contributed by atoms with Crippen LogP contribution in [0.4, 0.5) is 0 Å². The van der Waals surface area contributed by atoms with E-state index < -0.39 is 28.1 Å². The second-order valence-electron chi connectivity index (χ2n) is 8.57. The average Bonchev–Trinajstić information content (AvgIpc) is 2.77. The fourth-order valence-corrected chi connectivity index (χ4v) is 4.56. The van der Waals surface area contributed by atoms with Gasteiger partial charge in [0, 0.05) is 12.0 Å². The summed E-state index contributed by atoms with van der Waals surface area (Å²) >= 11 is 0. The molecule has 0 heterocycles. The zero-order valence-corrected chi connectivity index (χ0v) is 21.2. The minimum atomic E-state index is -5.16. The minimum Gasteiger partial charge on any atom is -0.507 e. The quantitative estimate of drug-likeness (QED) is 0.175. The first kappa shape index (κ1) is 28.4. The maximum atomic E-state index is 13.0. The molecule has 35 heavy (non-hydrogen) atoms. The van der Waals surface area contributed by atoms with E-state index in [2.05, 4.69) is 6.58 Å². The van der Waals surface area contributed by atoms with Crippen molar-refractivity contribution in [2.24, 2.45) is 0 Å². The van der Waals surface area contributed by atoms with Gasteiger partial charge in [0.25, 0.3) is 0 Å². The maximum Gasteiger partial charge on any atom is 0.398 e. The summed E-state index contributed by atoms with van der Waals surface area (Å²) in [6.45, 7) is 8.98. The van der Waals surface area contributed by atoms with Gasteiger partial charge in [-0.25, -0.2) is 8.98 Å². The van der Waals surface area contributed by atoms with Gasteiger partial charge in [-0.1, -0.05) is 62.6 Å². The fourth-order valence-electron chi connectivity index (χ4n) is 4.07. The molecule has 0 fully saturated rings. The minimum absolute atomic E-state index is 0.0894. The highest BCUT2D eigenvalue weighted by Crippen LogP contribution is 2.45. The second kappa shape index (κ2) is 12.2. The van der Waals surface area contributed by atoms with Crippen molar-refractivity contribution in [3.63, 3.8) is 0 Å². The average molecular weight is 507 g/mol. The lowest BCUT2D eigenvalue weighted by Crippen LogP contribution is -2.51. The Morgan fingerprint density at radius 1 is 1.11 bits per heavy atom. The number of hydrogen-bond acceptors (Lipinski definition) is 6. The van der Waals surface area contributed by atoms with Crippen molar-refractivity contribution in [1.82, 2.24) is 0 Å². The van der Waals surface area contributed by atoms with E-state index in [1.54, 1.807) is 56.3 Å². The van der Waals surface area contributed by atoms with Gasteiger partial charge in [0.05, 0.1) is 0 Å². The number of hydrogen-bond donors (Lipinski definition) is 3. The molecule has 3 N–H and O–H groups in total. The Bertz CT molecular complexity index is 1140. The van der Waals surface area contributed by atoms with Crippen LogP contribution in [-0.4, -0.2) is 34.8 Å². The first-order valence-corrected chi connectivity index (χ1v) is 12.9. The Balaban J connectivity index is 2.83. The number of rotatable bonds is 14. The number of carbonyl (C=O) groups is 1. The van der Waals surface area contributed by atoms with Gasteiger partial charge in [-0.05, 0) is 49.4 Å². The number of ether oxygens (including phenoxy) is 1.